The van der Waals surface area contributed by atoms with Gasteiger partial charge in [-0.3, -0.25) is 4.79 Å². The van der Waals surface area contributed by atoms with Crippen LogP contribution in [0.2, 0.25) is 0 Å². The molecule has 0 radical (unpaired) electrons. The summed E-state index contributed by atoms with van der Waals surface area (Å²) in [4.78, 5) is 21.9. The summed E-state index contributed by atoms with van der Waals surface area (Å²) in [7, 11) is 0. The average Bonchev–Trinajstić information content (AvgIpc) is 2.57. The Labute approximate surface area is 95.5 Å². The van der Waals surface area contributed by atoms with Crippen molar-refractivity contribution in [2.75, 3.05) is 0 Å². The summed E-state index contributed by atoms with van der Waals surface area (Å²) >= 11 is 0.993. The molecule has 4 nitrogen and oxygen atoms in total. The van der Waals surface area contributed by atoms with E-state index in [1.807, 2.05) is 6.92 Å². The lowest BCUT2D eigenvalue weighted by molar-refractivity contribution is -0.134. The van der Waals surface area contributed by atoms with Gasteiger partial charge in [-0.1, -0.05) is 18.3 Å². The van der Waals surface area contributed by atoms with Crippen LogP contribution in [0, 0.1) is 0 Å². The summed E-state index contributed by atoms with van der Waals surface area (Å²) in [6.45, 7) is 1.91. The normalized spacial score (nSPS) is 10.6. The van der Waals surface area contributed by atoms with E-state index in [2.05, 4.69) is 0 Å². The first-order valence-electron chi connectivity index (χ1n) is 4.93. The Morgan fingerprint density at radius 3 is 3.06 bits per heavy atom. The molecule has 1 heterocycles. The van der Waals surface area contributed by atoms with Gasteiger partial charge in [-0.15, -0.1) is 0 Å². The lowest BCUT2D eigenvalue weighted by Crippen LogP contribution is -2.06. The zero-order chi connectivity index (χ0) is 11.5. The van der Waals surface area contributed by atoms with E-state index in [0.29, 0.717) is 22.5 Å². The Kier molecular flexibility index (Phi) is 3.05. The summed E-state index contributed by atoms with van der Waals surface area (Å²) in [5.74, 6) is 0.181. The predicted molar refractivity (Wildman–Crippen MR) is 60.9 cm³/mol. The lowest BCUT2D eigenvalue weighted by atomic mass is 10.3. The Morgan fingerprint density at radius 1 is 1.50 bits per heavy atom. The summed E-state index contributed by atoms with van der Waals surface area (Å²) in [5.41, 5.74) is 0.519. The van der Waals surface area contributed by atoms with Gasteiger partial charge in [-0.05, 0) is 18.6 Å². The molecule has 2 rings (SSSR count). The number of fused-ring (bicyclic) bond motifs is 1. The molecule has 0 unspecified atom stereocenters. The van der Waals surface area contributed by atoms with Crippen LogP contribution in [0.25, 0.3) is 10.3 Å². The van der Waals surface area contributed by atoms with Crippen molar-refractivity contribution in [1.29, 1.82) is 0 Å². The first-order chi connectivity index (χ1) is 7.69. The van der Waals surface area contributed by atoms with Crippen LogP contribution in [0.3, 0.4) is 0 Å². The monoisotopic (exact) mass is 238 g/mol. The van der Waals surface area contributed by atoms with Gasteiger partial charge in [-0.25, -0.2) is 4.79 Å². The standard InChI is InChI=1S/C11H10O4S/c1-2-3-10(12)14-7-4-5-8-9(6-7)16-11(13)15-8/h4-6H,2-3H2,1H3. The second-order valence-corrected chi connectivity index (χ2v) is 4.26. The maximum atomic E-state index is 11.2. The largest absolute Gasteiger partial charge is 0.426 e. The highest BCUT2D eigenvalue weighted by Crippen LogP contribution is 2.23. The smallest absolute Gasteiger partial charge is 0.396 e. The second-order valence-electron chi connectivity index (χ2n) is 3.29. The molecule has 0 spiro atoms. The molecule has 1 aromatic carbocycles. The fourth-order valence-electron chi connectivity index (χ4n) is 1.30. The molecule has 0 aliphatic heterocycles. The van der Waals surface area contributed by atoms with E-state index in [4.69, 9.17) is 9.15 Å². The first kappa shape index (κ1) is 10.9. The highest BCUT2D eigenvalue weighted by molar-refractivity contribution is 7.16. The van der Waals surface area contributed by atoms with E-state index in [1.165, 1.54) is 0 Å². The van der Waals surface area contributed by atoms with Gasteiger partial charge in [0.1, 0.15) is 11.3 Å². The molecule has 0 saturated carbocycles. The SMILES string of the molecule is CCCC(=O)Oc1ccc2oc(=O)sc2c1. The van der Waals surface area contributed by atoms with Crippen molar-refractivity contribution in [1.82, 2.24) is 0 Å². The van der Waals surface area contributed by atoms with Crippen LogP contribution in [0.4, 0.5) is 0 Å². The number of carbonyl (C=O) groups is 1. The third-order valence-corrected chi connectivity index (χ3v) is 2.78. The molecule has 0 atom stereocenters. The molecule has 0 N–H and O–H groups in total. The number of ether oxygens (including phenoxy) is 1. The Balaban J connectivity index is 2.25. The zero-order valence-electron chi connectivity index (χ0n) is 8.69. The lowest BCUT2D eigenvalue weighted by Gasteiger charge is -2.02. The van der Waals surface area contributed by atoms with Crippen molar-refractivity contribution in [3.8, 4) is 5.75 Å². The maximum absolute atomic E-state index is 11.2. The van der Waals surface area contributed by atoms with Crippen molar-refractivity contribution < 1.29 is 13.9 Å². The number of hydrogen-bond acceptors (Lipinski definition) is 5. The van der Waals surface area contributed by atoms with Crippen molar-refractivity contribution in [2.24, 2.45) is 0 Å². The molecule has 2 aromatic rings. The van der Waals surface area contributed by atoms with E-state index in [0.717, 1.165) is 17.8 Å². The van der Waals surface area contributed by atoms with E-state index in [9.17, 15) is 9.59 Å². The molecule has 0 fully saturated rings. The molecule has 0 amide bonds. The van der Waals surface area contributed by atoms with Crippen molar-refractivity contribution >= 4 is 27.6 Å². The van der Waals surface area contributed by atoms with Crippen LogP contribution >= 0.6 is 11.3 Å². The number of hydrogen-bond donors (Lipinski definition) is 0. The summed E-state index contributed by atoms with van der Waals surface area (Å²) in [6, 6.07) is 4.88. The highest BCUT2D eigenvalue weighted by Gasteiger charge is 2.07. The fraction of sp³-hybridized carbons (Fsp3) is 0.273. The number of esters is 1. The van der Waals surface area contributed by atoms with Crippen LogP contribution < -0.4 is 9.68 Å². The first-order valence-corrected chi connectivity index (χ1v) is 5.75. The van der Waals surface area contributed by atoms with Crippen molar-refractivity contribution in [2.45, 2.75) is 19.8 Å². The maximum Gasteiger partial charge on any atom is 0.396 e. The van der Waals surface area contributed by atoms with Gasteiger partial charge in [0.05, 0.1) is 4.70 Å². The highest BCUT2D eigenvalue weighted by atomic mass is 32.1. The van der Waals surface area contributed by atoms with E-state index in [-0.39, 0.29) is 10.9 Å². The molecule has 1 aromatic heterocycles. The van der Waals surface area contributed by atoms with Gasteiger partial charge in [0.15, 0.2) is 0 Å². The van der Waals surface area contributed by atoms with E-state index in [1.54, 1.807) is 18.2 Å². The Hall–Kier alpha value is -1.62. The van der Waals surface area contributed by atoms with Gasteiger partial charge in [0.2, 0.25) is 0 Å². The third kappa shape index (κ3) is 2.30. The van der Waals surface area contributed by atoms with Gasteiger partial charge < -0.3 is 9.15 Å². The van der Waals surface area contributed by atoms with Gasteiger partial charge in [0.25, 0.3) is 0 Å². The molecule has 0 aliphatic rings. The van der Waals surface area contributed by atoms with Crippen LogP contribution in [-0.2, 0) is 4.79 Å². The van der Waals surface area contributed by atoms with Crippen LogP contribution in [0.15, 0.2) is 27.4 Å². The van der Waals surface area contributed by atoms with Crippen molar-refractivity contribution in [3.63, 3.8) is 0 Å². The fourth-order valence-corrected chi connectivity index (χ4v) is 2.00. The zero-order valence-corrected chi connectivity index (χ0v) is 9.50. The molecule has 0 saturated heterocycles. The minimum atomic E-state index is -0.355. The summed E-state index contributed by atoms with van der Waals surface area (Å²) in [5, 5.41) is 0. The van der Waals surface area contributed by atoms with Crippen LogP contribution in [0.5, 0.6) is 5.75 Å². The summed E-state index contributed by atoms with van der Waals surface area (Å²) < 4.78 is 10.7. The van der Waals surface area contributed by atoms with Gasteiger partial charge in [0, 0.05) is 12.5 Å². The minimum absolute atomic E-state index is 0.266. The molecule has 84 valence electrons. The Bertz CT molecular complexity index is 567. The van der Waals surface area contributed by atoms with E-state index < -0.39 is 0 Å². The quantitative estimate of drug-likeness (QED) is 0.609. The third-order valence-electron chi connectivity index (χ3n) is 1.99. The predicted octanol–water partition coefficient (Wildman–Crippen LogP) is 2.56. The number of carbonyl (C=O) groups excluding carboxylic acids is 1. The molecule has 16 heavy (non-hydrogen) atoms. The minimum Gasteiger partial charge on any atom is -0.426 e. The van der Waals surface area contributed by atoms with Crippen molar-refractivity contribution in [3.05, 3.63) is 27.9 Å². The second kappa shape index (κ2) is 4.49. The topological polar surface area (TPSA) is 56.5 Å². The van der Waals surface area contributed by atoms with Gasteiger partial charge >= 0.3 is 10.9 Å². The summed E-state index contributed by atoms with van der Waals surface area (Å²) in [6.07, 6.45) is 1.14. The van der Waals surface area contributed by atoms with E-state index >= 15 is 0 Å². The molecular formula is C11H10O4S. The van der Waals surface area contributed by atoms with Crippen LogP contribution in [0.1, 0.15) is 19.8 Å². The molecule has 0 bridgehead atoms. The molecule has 0 aliphatic carbocycles. The molecule has 5 heteroatoms. The Morgan fingerprint density at radius 2 is 2.31 bits per heavy atom. The van der Waals surface area contributed by atoms with Gasteiger partial charge in [-0.2, -0.15) is 0 Å². The van der Waals surface area contributed by atoms with Crippen LogP contribution in [-0.4, -0.2) is 5.97 Å². The average molecular weight is 238 g/mol. The number of rotatable bonds is 3. The number of benzene rings is 1. The molecular weight excluding hydrogens is 228 g/mol.